The van der Waals surface area contributed by atoms with Crippen molar-refractivity contribution in [2.75, 3.05) is 38.7 Å². The quantitative estimate of drug-likeness (QED) is 0.803. The van der Waals surface area contributed by atoms with Crippen molar-refractivity contribution in [2.45, 2.75) is 27.2 Å². The Hall–Kier alpha value is -1.62. The average molecular weight is 279 g/mol. The minimum absolute atomic E-state index is 0.328. The molecule has 1 aromatic rings. The number of ether oxygens (including phenoxy) is 1. The van der Waals surface area contributed by atoms with Gasteiger partial charge in [-0.15, -0.1) is 0 Å². The van der Waals surface area contributed by atoms with E-state index >= 15 is 0 Å². The summed E-state index contributed by atoms with van der Waals surface area (Å²) in [5.41, 5.74) is 1.99. The maximum Gasteiger partial charge on any atom is 0.415 e. The molecule has 1 aromatic heterocycles. The summed E-state index contributed by atoms with van der Waals surface area (Å²) in [6.07, 6.45) is 0.485. The zero-order valence-corrected chi connectivity index (χ0v) is 13.1. The summed E-state index contributed by atoms with van der Waals surface area (Å²) >= 11 is 0. The Balaban J connectivity index is 2.92. The first kappa shape index (κ1) is 16.4. The van der Waals surface area contributed by atoms with E-state index in [1.165, 1.54) is 0 Å². The first-order valence-corrected chi connectivity index (χ1v) is 6.98. The van der Waals surface area contributed by atoms with Crippen LogP contribution in [0.3, 0.4) is 0 Å². The third-order valence-electron chi connectivity index (χ3n) is 2.78. The number of likely N-dealkylation sites (N-methyl/N-ethyl adjacent to an activating group) is 1. The Labute approximate surface area is 121 Å². The molecule has 5 nitrogen and oxygen atoms in total. The SMILES string of the molecule is CCCOC(=O)N(CCN(C)C)c1cc(C)cc(C)n1. The van der Waals surface area contributed by atoms with Crippen molar-refractivity contribution in [2.24, 2.45) is 0 Å². The maximum absolute atomic E-state index is 12.2. The summed E-state index contributed by atoms with van der Waals surface area (Å²) in [7, 11) is 3.95. The number of nitrogens with zero attached hydrogens (tertiary/aromatic N) is 3. The lowest BCUT2D eigenvalue weighted by Gasteiger charge is -2.23. The third-order valence-corrected chi connectivity index (χ3v) is 2.78. The van der Waals surface area contributed by atoms with Gasteiger partial charge in [0.15, 0.2) is 0 Å². The van der Waals surface area contributed by atoms with Crippen LogP contribution in [0.25, 0.3) is 0 Å². The van der Waals surface area contributed by atoms with Crippen LogP contribution in [0.15, 0.2) is 12.1 Å². The molecule has 0 spiro atoms. The molecule has 0 radical (unpaired) electrons. The fourth-order valence-electron chi connectivity index (χ4n) is 1.82. The highest BCUT2D eigenvalue weighted by atomic mass is 16.6. The topological polar surface area (TPSA) is 45.7 Å². The van der Waals surface area contributed by atoms with E-state index < -0.39 is 0 Å². The van der Waals surface area contributed by atoms with Crippen LogP contribution in [0.4, 0.5) is 10.6 Å². The van der Waals surface area contributed by atoms with Gasteiger partial charge in [0.1, 0.15) is 5.82 Å². The molecule has 0 unspecified atom stereocenters. The Morgan fingerprint density at radius 2 is 1.95 bits per heavy atom. The molecule has 0 saturated carbocycles. The van der Waals surface area contributed by atoms with Crippen molar-refractivity contribution in [1.82, 2.24) is 9.88 Å². The minimum Gasteiger partial charge on any atom is -0.449 e. The van der Waals surface area contributed by atoms with Crippen molar-refractivity contribution < 1.29 is 9.53 Å². The number of pyridine rings is 1. The number of hydrogen-bond acceptors (Lipinski definition) is 4. The zero-order chi connectivity index (χ0) is 15.1. The van der Waals surface area contributed by atoms with E-state index in [9.17, 15) is 4.79 Å². The molecule has 5 heteroatoms. The molecule has 0 bridgehead atoms. The number of aromatic nitrogens is 1. The average Bonchev–Trinajstić information content (AvgIpc) is 2.35. The van der Waals surface area contributed by atoms with Crippen molar-refractivity contribution >= 4 is 11.9 Å². The first-order chi connectivity index (χ1) is 9.43. The van der Waals surface area contributed by atoms with E-state index in [1.54, 1.807) is 4.90 Å². The molecule has 1 amide bonds. The zero-order valence-electron chi connectivity index (χ0n) is 13.1. The lowest BCUT2D eigenvalue weighted by Crippen LogP contribution is -2.38. The Morgan fingerprint density at radius 1 is 1.25 bits per heavy atom. The molecule has 1 heterocycles. The van der Waals surface area contributed by atoms with Crippen LogP contribution >= 0.6 is 0 Å². The van der Waals surface area contributed by atoms with Gasteiger partial charge in [-0.2, -0.15) is 0 Å². The van der Waals surface area contributed by atoms with Crippen LogP contribution in [0.2, 0.25) is 0 Å². The van der Waals surface area contributed by atoms with Gasteiger partial charge in [0, 0.05) is 18.8 Å². The van der Waals surface area contributed by atoms with E-state index in [1.807, 2.05) is 51.9 Å². The van der Waals surface area contributed by atoms with Crippen LogP contribution in [-0.4, -0.2) is 49.8 Å². The molecule has 0 fully saturated rings. The van der Waals surface area contributed by atoms with Gasteiger partial charge in [-0.25, -0.2) is 9.78 Å². The molecule has 0 N–H and O–H groups in total. The lowest BCUT2D eigenvalue weighted by atomic mass is 10.2. The Morgan fingerprint density at radius 3 is 2.50 bits per heavy atom. The predicted molar refractivity (Wildman–Crippen MR) is 81.3 cm³/mol. The molecule has 0 atom stereocenters. The second-order valence-corrected chi connectivity index (χ2v) is 5.21. The molecule has 0 aromatic carbocycles. The highest BCUT2D eigenvalue weighted by Crippen LogP contribution is 2.15. The van der Waals surface area contributed by atoms with Gasteiger partial charge in [0.2, 0.25) is 0 Å². The molecule has 1 rings (SSSR count). The summed E-state index contributed by atoms with van der Waals surface area (Å²) in [4.78, 5) is 20.3. The summed E-state index contributed by atoms with van der Waals surface area (Å²) in [5, 5.41) is 0. The number of carbonyl (C=O) groups excluding carboxylic acids is 1. The van der Waals surface area contributed by atoms with Gasteiger partial charge in [-0.3, -0.25) is 4.90 Å². The van der Waals surface area contributed by atoms with Gasteiger partial charge in [-0.1, -0.05) is 6.92 Å². The van der Waals surface area contributed by atoms with Crippen LogP contribution in [0.1, 0.15) is 24.6 Å². The summed E-state index contributed by atoms with van der Waals surface area (Å²) in [5.74, 6) is 0.658. The van der Waals surface area contributed by atoms with Gasteiger partial charge in [0.25, 0.3) is 0 Å². The highest BCUT2D eigenvalue weighted by molar-refractivity contribution is 5.86. The van der Waals surface area contributed by atoms with E-state index in [2.05, 4.69) is 4.98 Å². The van der Waals surface area contributed by atoms with E-state index in [4.69, 9.17) is 4.74 Å². The molecular weight excluding hydrogens is 254 g/mol. The highest BCUT2D eigenvalue weighted by Gasteiger charge is 2.19. The van der Waals surface area contributed by atoms with Crippen LogP contribution in [-0.2, 0) is 4.74 Å². The number of hydrogen-bond donors (Lipinski definition) is 0. The van der Waals surface area contributed by atoms with E-state index in [0.29, 0.717) is 19.0 Å². The first-order valence-electron chi connectivity index (χ1n) is 6.98. The third kappa shape index (κ3) is 5.17. The van der Waals surface area contributed by atoms with Gasteiger partial charge in [-0.05, 0) is 52.1 Å². The second-order valence-electron chi connectivity index (χ2n) is 5.21. The Kier molecular flexibility index (Phi) is 6.45. The number of anilines is 1. The molecule has 0 saturated heterocycles. The normalized spacial score (nSPS) is 10.7. The standard InChI is InChI=1S/C15H25N3O2/c1-6-9-20-15(19)18(8-7-17(4)5)14-11-12(2)10-13(3)16-14/h10-11H,6-9H2,1-5H3. The Bertz CT molecular complexity index is 426. The molecule has 0 aliphatic carbocycles. The molecular formula is C15H25N3O2. The van der Waals surface area contributed by atoms with E-state index in [0.717, 1.165) is 24.2 Å². The summed E-state index contributed by atoms with van der Waals surface area (Å²) in [6, 6.07) is 3.90. The summed E-state index contributed by atoms with van der Waals surface area (Å²) < 4.78 is 5.25. The summed E-state index contributed by atoms with van der Waals surface area (Å²) in [6.45, 7) is 7.66. The predicted octanol–water partition coefficient (Wildman–Crippen LogP) is 2.61. The van der Waals surface area contributed by atoms with Crippen LogP contribution < -0.4 is 4.90 Å². The fraction of sp³-hybridized carbons (Fsp3) is 0.600. The molecule has 112 valence electrons. The maximum atomic E-state index is 12.2. The van der Waals surface area contributed by atoms with Crippen molar-refractivity contribution in [3.8, 4) is 0 Å². The minimum atomic E-state index is -0.328. The molecule has 0 aliphatic rings. The molecule has 0 aliphatic heterocycles. The number of carbonyl (C=O) groups is 1. The van der Waals surface area contributed by atoms with Crippen molar-refractivity contribution in [1.29, 1.82) is 0 Å². The fourth-order valence-corrected chi connectivity index (χ4v) is 1.82. The van der Waals surface area contributed by atoms with Crippen LogP contribution in [0, 0.1) is 13.8 Å². The molecule has 20 heavy (non-hydrogen) atoms. The number of rotatable bonds is 6. The van der Waals surface area contributed by atoms with Gasteiger partial charge < -0.3 is 9.64 Å². The number of amides is 1. The van der Waals surface area contributed by atoms with Crippen molar-refractivity contribution in [3.05, 3.63) is 23.4 Å². The second kappa shape index (κ2) is 7.85. The van der Waals surface area contributed by atoms with E-state index in [-0.39, 0.29) is 6.09 Å². The van der Waals surface area contributed by atoms with Crippen molar-refractivity contribution in [3.63, 3.8) is 0 Å². The number of aryl methyl sites for hydroxylation is 2. The lowest BCUT2D eigenvalue weighted by molar-refractivity contribution is 0.153. The monoisotopic (exact) mass is 279 g/mol. The smallest absolute Gasteiger partial charge is 0.415 e. The van der Waals surface area contributed by atoms with Gasteiger partial charge in [0.05, 0.1) is 6.61 Å². The van der Waals surface area contributed by atoms with Crippen LogP contribution in [0.5, 0.6) is 0 Å². The largest absolute Gasteiger partial charge is 0.449 e. The van der Waals surface area contributed by atoms with Gasteiger partial charge >= 0.3 is 6.09 Å².